The summed E-state index contributed by atoms with van der Waals surface area (Å²) >= 11 is 0. The number of carbonyl (C=O) groups excluding carboxylic acids is 1. The van der Waals surface area contributed by atoms with Gasteiger partial charge in [0.1, 0.15) is 12.4 Å². The van der Waals surface area contributed by atoms with Crippen molar-refractivity contribution in [2.24, 2.45) is 14.1 Å². The third-order valence-electron chi connectivity index (χ3n) is 3.35. The molecule has 2 rings (SSSR count). The van der Waals surface area contributed by atoms with E-state index in [1.165, 1.54) is 24.7 Å². The maximum atomic E-state index is 11.8. The van der Waals surface area contributed by atoms with E-state index in [9.17, 15) is 14.4 Å². The Kier molecular flexibility index (Phi) is 5.16. The number of nitriles is 1. The molecule has 24 heavy (non-hydrogen) atoms. The molecule has 0 saturated carbocycles. The summed E-state index contributed by atoms with van der Waals surface area (Å²) in [6.45, 7) is -0.540. The molecule has 0 aliphatic carbocycles. The Labute approximate surface area is 137 Å². The fraction of sp³-hybridized carbons (Fsp3) is 0.250. The van der Waals surface area contributed by atoms with Crippen LogP contribution < -0.4 is 16.0 Å². The molecule has 1 aromatic heterocycles. The Hall–Kier alpha value is -3.34. The van der Waals surface area contributed by atoms with E-state index in [0.717, 1.165) is 4.57 Å². The third kappa shape index (κ3) is 3.89. The second kappa shape index (κ2) is 7.28. The van der Waals surface area contributed by atoms with Crippen molar-refractivity contribution in [3.05, 3.63) is 62.4 Å². The second-order valence-electron chi connectivity index (χ2n) is 4.96. The number of esters is 1. The Bertz CT molecular complexity index is 903. The van der Waals surface area contributed by atoms with E-state index in [4.69, 9.17) is 14.7 Å². The molecule has 0 amide bonds. The summed E-state index contributed by atoms with van der Waals surface area (Å²) in [5.74, 6) is -0.223. The van der Waals surface area contributed by atoms with E-state index in [2.05, 4.69) is 0 Å². The number of hydrogen-bond acceptors (Lipinski definition) is 6. The molecule has 0 N–H and O–H groups in total. The number of hydrogen-bond donors (Lipinski definition) is 0. The molecule has 1 aromatic carbocycles. The first kappa shape index (κ1) is 17.0. The van der Waals surface area contributed by atoms with Crippen LogP contribution in [0, 0.1) is 11.3 Å². The normalized spacial score (nSPS) is 10.0. The van der Waals surface area contributed by atoms with Crippen molar-refractivity contribution in [2.75, 3.05) is 6.61 Å². The van der Waals surface area contributed by atoms with Crippen LogP contribution in [-0.2, 0) is 30.2 Å². The predicted octanol–water partition coefficient (Wildman–Crippen LogP) is 0.0779. The largest absolute Gasteiger partial charge is 0.482 e. The van der Waals surface area contributed by atoms with Crippen LogP contribution in [0.4, 0.5) is 0 Å². The van der Waals surface area contributed by atoms with Gasteiger partial charge in [-0.05, 0) is 24.3 Å². The molecular weight excluding hydrogens is 314 g/mol. The highest BCUT2D eigenvalue weighted by atomic mass is 16.6. The van der Waals surface area contributed by atoms with Crippen molar-refractivity contribution >= 4 is 5.97 Å². The minimum Gasteiger partial charge on any atom is -0.482 e. The molecule has 8 nitrogen and oxygen atoms in total. The molecule has 124 valence electrons. The van der Waals surface area contributed by atoms with Gasteiger partial charge in [-0.15, -0.1) is 0 Å². The first-order valence-corrected chi connectivity index (χ1v) is 6.97. The van der Waals surface area contributed by atoms with Gasteiger partial charge in [0.05, 0.1) is 17.3 Å². The van der Waals surface area contributed by atoms with Gasteiger partial charge in [-0.2, -0.15) is 5.26 Å². The average Bonchev–Trinajstić information content (AvgIpc) is 2.60. The van der Waals surface area contributed by atoms with Gasteiger partial charge in [0.25, 0.3) is 5.56 Å². The lowest BCUT2D eigenvalue weighted by molar-refractivity contribution is -0.147. The van der Waals surface area contributed by atoms with E-state index in [0.29, 0.717) is 11.3 Å². The smallest absolute Gasteiger partial charge is 0.344 e. The van der Waals surface area contributed by atoms with Crippen LogP contribution in [0.5, 0.6) is 5.75 Å². The highest BCUT2D eigenvalue weighted by Crippen LogP contribution is 2.11. The lowest BCUT2D eigenvalue weighted by atomic mass is 10.2. The fourth-order valence-corrected chi connectivity index (χ4v) is 1.88. The monoisotopic (exact) mass is 329 g/mol. The molecule has 0 bridgehead atoms. The minimum absolute atomic E-state index is 0.211. The van der Waals surface area contributed by atoms with Gasteiger partial charge >= 0.3 is 11.7 Å². The number of ether oxygens (including phenoxy) is 2. The van der Waals surface area contributed by atoms with Crippen molar-refractivity contribution in [3.63, 3.8) is 0 Å². The van der Waals surface area contributed by atoms with E-state index in [1.54, 1.807) is 24.3 Å². The van der Waals surface area contributed by atoms with Crippen molar-refractivity contribution in [3.8, 4) is 11.8 Å². The fourth-order valence-electron chi connectivity index (χ4n) is 1.88. The van der Waals surface area contributed by atoms with Crippen LogP contribution in [0.1, 0.15) is 11.3 Å². The number of nitrogens with zero attached hydrogens (tertiary/aromatic N) is 3. The molecule has 0 aliphatic heterocycles. The third-order valence-corrected chi connectivity index (χ3v) is 3.35. The van der Waals surface area contributed by atoms with Crippen molar-refractivity contribution in [1.29, 1.82) is 5.26 Å². The van der Waals surface area contributed by atoms with Crippen molar-refractivity contribution in [1.82, 2.24) is 9.13 Å². The van der Waals surface area contributed by atoms with E-state index < -0.39 is 17.2 Å². The quantitative estimate of drug-likeness (QED) is 0.720. The zero-order valence-electron chi connectivity index (χ0n) is 13.2. The minimum atomic E-state index is -0.646. The summed E-state index contributed by atoms with van der Waals surface area (Å²) in [4.78, 5) is 35.0. The lowest BCUT2D eigenvalue weighted by Gasteiger charge is -2.10. The maximum Gasteiger partial charge on any atom is 0.344 e. The van der Waals surface area contributed by atoms with Crippen molar-refractivity contribution < 1.29 is 14.3 Å². The number of benzene rings is 1. The summed E-state index contributed by atoms with van der Waals surface area (Å²) in [7, 11) is 2.85. The number of aromatic nitrogens is 2. The van der Waals surface area contributed by atoms with Crippen LogP contribution >= 0.6 is 0 Å². The zero-order chi connectivity index (χ0) is 17.7. The summed E-state index contributed by atoms with van der Waals surface area (Å²) < 4.78 is 12.4. The molecule has 2 aromatic rings. The molecule has 0 radical (unpaired) electrons. The van der Waals surface area contributed by atoms with E-state index >= 15 is 0 Å². The summed E-state index contributed by atoms with van der Waals surface area (Å²) in [6, 6.07) is 9.47. The molecule has 0 spiro atoms. The van der Waals surface area contributed by atoms with Gasteiger partial charge in [-0.1, -0.05) is 0 Å². The summed E-state index contributed by atoms with van der Waals surface area (Å²) in [5.41, 5.74) is -0.202. The van der Waals surface area contributed by atoms with Crippen LogP contribution in [0.3, 0.4) is 0 Å². The molecule has 0 atom stereocenters. The van der Waals surface area contributed by atoms with E-state index in [1.807, 2.05) is 6.07 Å². The number of rotatable bonds is 5. The molecule has 0 fully saturated rings. The first-order chi connectivity index (χ1) is 11.4. The van der Waals surface area contributed by atoms with Crippen molar-refractivity contribution in [2.45, 2.75) is 6.61 Å². The summed E-state index contributed by atoms with van der Waals surface area (Å²) in [5, 5.41) is 8.69. The Morgan fingerprint density at radius 3 is 2.46 bits per heavy atom. The Morgan fingerprint density at radius 1 is 1.17 bits per heavy atom. The van der Waals surface area contributed by atoms with Gasteiger partial charge in [0.2, 0.25) is 0 Å². The molecule has 1 heterocycles. The highest BCUT2D eigenvalue weighted by molar-refractivity contribution is 5.71. The molecule has 0 saturated heterocycles. The Morgan fingerprint density at radius 2 is 1.83 bits per heavy atom. The van der Waals surface area contributed by atoms with Gasteiger partial charge in [-0.3, -0.25) is 13.9 Å². The first-order valence-electron chi connectivity index (χ1n) is 6.97. The standard InChI is InChI=1S/C16H15N3O5/c1-18-12(7-14(20)19(2)16(18)22)9-24-15(21)10-23-13-5-3-11(8-17)4-6-13/h3-7H,9-10H2,1-2H3. The summed E-state index contributed by atoms with van der Waals surface area (Å²) in [6.07, 6.45) is 0. The predicted molar refractivity (Wildman–Crippen MR) is 83.4 cm³/mol. The van der Waals surface area contributed by atoms with Gasteiger partial charge in [-0.25, -0.2) is 9.59 Å². The van der Waals surface area contributed by atoms with Crippen LogP contribution in [0.25, 0.3) is 0 Å². The van der Waals surface area contributed by atoms with Gasteiger partial charge < -0.3 is 9.47 Å². The topological polar surface area (TPSA) is 103 Å². The highest BCUT2D eigenvalue weighted by Gasteiger charge is 2.10. The molecule has 8 heteroatoms. The van der Waals surface area contributed by atoms with Gasteiger partial charge in [0, 0.05) is 20.2 Å². The Balaban J connectivity index is 1.93. The molecule has 0 aliphatic rings. The van der Waals surface area contributed by atoms with Gasteiger partial charge in [0.15, 0.2) is 6.61 Å². The second-order valence-corrected chi connectivity index (χ2v) is 4.96. The number of carbonyl (C=O) groups is 1. The van der Waals surface area contributed by atoms with E-state index in [-0.39, 0.29) is 18.9 Å². The zero-order valence-corrected chi connectivity index (χ0v) is 13.2. The lowest BCUT2D eigenvalue weighted by Crippen LogP contribution is -2.38. The van der Waals surface area contributed by atoms with Crippen LogP contribution in [0.2, 0.25) is 0 Å². The van der Waals surface area contributed by atoms with Crippen LogP contribution in [-0.4, -0.2) is 21.7 Å². The average molecular weight is 329 g/mol. The SMILES string of the molecule is Cn1c(COC(=O)COc2ccc(C#N)cc2)cc(=O)n(C)c1=O. The molecule has 0 unspecified atom stereocenters. The van der Waals surface area contributed by atoms with Crippen LogP contribution in [0.15, 0.2) is 39.9 Å². The maximum absolute atomic E-state index is 11.8. The molecular formula is C16H15N3O5.